The van der Waals surface area contributed by atoms with E-state index in [1.54, 1.807) is 24.4 Å². The minimum absolute atomic E-state index is 0.284. The molecule has 0 atom stereocenters. The molecule has 19 heavy (non-hydrogen) atoms. The molecular formula is C13H9Br2ClN2O. The van der Waals surface area contributed by atoms with Crippen molar-refractivity contribution in [3.63, 3.8) is 0 Å². The zero-order chi connectivity index (χ0) is 14.0. The van der Waals surface area contributed by atoms with Crippen LogP contribution >= 0.6 is 43.5 Å². The van der Waals surface area contributed by atoms with Gasteiger partial charge in [0.2, 0.25) is 0 Å². The first-order chi connectivity index (χ1) is 8.97. The fourth-order valence-corrected chi connectivity index (χ4v) is 2.39. The number of nitrogens with zero attached hydrogens (tertiary/aromatic N) is 1. The molecule has 1 aromatic heterocycles. The topological polar surface area (TPSA) is 42.0 Å². The molecule has 0 radical (unpaired) electrons. The summed E-state index contributed by atoms with van der Waals surface area (Å²) in [6, 6.07) is 6.97. The first kappa shape index (κ1) is 14.5. The summed E-state index contributed by atoms with van der Waals surface area (Å²) in [6.45, 7) is 1.90. The van der Waals surface area contributed by atoms with E-state index in [0.717, 1.165) is 14.5 Å². The Morgan fingerprint density at radius 3 is 2.68 bits per heavy atom. The van der Waals surface area contributed by atoms with Gasteiger partial charge in [0.25, 0.3) is 5.91 Å². The number of hydrogen-bond donors (Lipinski definition) is 1. The Morgan fingerprint density at radius 1 is 1.32 bits per heavy atom. The van der Waals surface area contributed by atoms with Gasteiger partial charge >= 0.3 is 0 Å². The van der Waals surface area contributed by atoms with E-state index in [1.165, 1.54) is 0 Å². The van der Waals surface area contributed by atoms with Crippen LogP contribution < -0.4 is 5.32 Å². The van der Waals surface area contributed by atoms with Crippen molar-refractivity contribution in [2.24, 2.45) is 0 Å². The molecule has 0 aliphatic heterocycles. The van der Waals surface area contributed by atoms with Gasteiger partial charge in [0.15, 0.2) is 0 Å². The van der Waals surface area contributed by atoms with Crippen LogP contribution in [0.4, 0.5) is 5.69 Å². The van der Waals surface area contributed by atoms with Gasteiger partial charge in [-0.25, -0.2) is 4.98 Å². The monoisotopic (exact) mass is 402 g/mol. The van der Waals surface area contributed by atoms with Gasteiger partial charge in [-0.1, -0.05) is 11.6 Å². The minimum atomic E-state index is -0.284. The minimum Gasteiger partial charge on any atom is -0.320 e. The number of benzene rings is 1. The molecule has 0 aliphatic rings. The molecule has 0 saturated heterocycles. The molecule has 0 spiro atoms. The molecule has 98 valence electrons. The molecule has 6 heteroatoms. The highest BCUT2D eigenvalue weighted by molar-refractivity contribution is 9.10. The smallest absolute Gasteiger partial charge is 0.274 e. The maximum absolute atomic E-state index is 12.0. The van der Waals surface area contributed by atoms with E-state index >= 15 is 0 Å². The van der Waals surface area contributed by atoms with Crippen LogP contribution in [0.1, 0.15) is 16.1 Å². The number of amides is 1. The van der Waals surface area contributed by atoms with Crippen molar-refractivity contribution in [3.05, 3.63) is 55.7 Å². The van der Waals surface area contributed by atoms with Crippen LogP contribution in [0.15, 0.2) is 39.4 Å². The molecule has 3 nitrogen and oxygen atoms in total. The molecular weight excluding hydrogens is 395 g/mol. The summed E-state index contributed by atoms with van der Waals surface area (Å²) in [6.07, 6.45) is 1.58. The molecule has 0 unspecified atom stereocenters. The van der Waals surface area contributed by atoms with Gasteiger partial charge in [0, 0.05) is 20.2 Å². The molecule has 0 aliphatic carbocycles. The van der Waals surface area contributed by atoms with E-state index in [1.807, 2.05) is 13.0 Å². The summed E-state index contributed by atoms with van der Waals surface area (Å²) >= 11 is 12.7. The zero-order valence-electron chi connectivity index (χ0n) is 9.88. The van der Waals surface area contributed by atoms with Gasteiger partial charge in [0.05, 0.1) is 5.69 Å². The molecule has 2 aromatic rings. The standard InChI is InChI=1S/C13H9Br2ClN2O/c1-7-4-9(15)12(5-10(7)16)18-13(19)11-3-2-8(14)6-17-11/h2-6H,1H3,(H,18,19). The van der Waals surface area contributed by atoms with E-state index in [2.05, 4.69) is 42.2 Å². The normalized spacial score (nSPS) is 10.3. The zero-order valence-corrected chi connectivity index (χ0v) is 13.8. The highest BCUT2D eigenvalue weighted by Gasteiger charge is 2.11. The summed E-state index contributed by atoms with van der Waals surface area (Å²) in [7, 11) is 0. The first-order valence-electron chi connectivity index (χ1n) is 5.36. The lowest BCUT2D eigenvalue weighted by molar-refractivity contribution is 0.102. The van der Waals surface area contributed by atoms with Gasteiger partial charge in [-0.05, 0) is 68.6 Å². The maximum Gasteiger partial charge on any atom is 0.274 e. The number of hydrogen-bond acceptors (Lipinski definition) is 2. The van der Waals surface area contributed by atoms with Gasteiger partial charge in [0.1, 0.15) is 5.69 Å². The van der Waals surface area contributed by atoms with E-state index in [-0.39, 0.29) is 5.91 Å². The summed E-state index contributed by atoms with van der Waals surface area (Å²) in [5.74, 6) is -0.284. The largest absolute Gasteiger partial charge is 0.320 e. The number of nitrogens with one attached hydrogen (secondary N) is 1. The highest BCUT2D eigenvalue weighted by Crippen LogP contribution is 2.29. The molecule has 1 aromatic carbocycles. The summed E-state index contributed by atoms with van der Waals surface area (Å²) in [5, 5.41) is 3.37. The van der Waals surface area contributed by atoms with Crippen molar-refractivity contribution in [3.8, 4) is 0 Å². The number of carbonyl (C=O) groups excluding carboxylic acids is 1. The molecule has 2 rings (SSSR count). The second-order valence-corrected chi connectivity index (χ2v) is 6.07. The lowest BCUT2D eigenvalue weighted by Gasteiger charge is -2.09. The number of rotatable bonds is 2. The average molecular weight is 404 g/mol. The first-order valence-corrected chi connectivity index (χ1v) is 7.32. The van der Waals surface area contributed by atoms with Crippen molar-refractivity contribution in [1.29, 1.82) is 0 Å². The van der Waals surface area contributed by atoms with Crippen molar-refractivity contribution in [1.82, 2.24) is 4.98 Å². The average Bonchev–Trinajstić information content (AvgIpc) is 2.36. The quantitative estimate of drug-likeness (QED) is 0.780. The van der Waals surface area contributed by atoms with Crippen LogP contribution in [0.25, 0.3) is 0 Å². The Balaban J connectivity index is 2.24. The highest BCUT2D eigenvalue weighted by atomic mass is 79.9. The number of aryl methyl sites for hydroxylation is 1. The fraction of sp³-hybridized carbons (Fsp3) is 0.0769. The van der Waals surface area contributed by atoms with Gasteiger partial charge in [-0.15, -0.1) is 0 Å². The van der Waals surface area contributed by atoms with Crippen LogP contribution in [0.3, 0.4) is 0 Å². The number of aromatic nitrogens is 1. The predicted octanol–water partition coefficient (Wildman–Crippen LogP) is 4.82. The third-order valence-electron chi connectivity index (χ3n) is 2.46. The van der Waals surface area contributed by atoms with Gasteiger partial charge in [-0.2, -0.15) is 0 Å². The number of pyridine rings is 1. The third kappa shape index (κ3) is 3.55. The van der Waals surface area contributed by atoms with Crippen LogP contribution in [0.5, 0.6) is 0 Å². The molecule has 0 saturated carbocycles. The lowest BCUT2D eigenvalue weighted by Crippen LogP contribution is -2.13. The van der Waals surface area contributed by atoms with E-state index < -0.39 is 0 Å². The Morgan fingerprint density at radius 2 is 2.05 bits per heavy atom. The van der Waals surface area contributed by atoms with Crippen LogP contribution in [0.2, 0.25) is 5.02 Å². The molecule has 1 amide bonds. The summed E-state index contributed by atoms with van der Waals surface area (Å²) < 4.78 is 1.60. The number of halogens is 3. The van der Waals surface area contributed by atoms with E-state index in [9.17, 15) is 4.79 Å². The van der Waals surface area contributed by atoms with Crippen molar-refractivity contribution >= 4 is 55.1 Å². The Kier molecular flexibility index (Phi) is 4.60. The number of carbonyl (C=O) groups is 1. The number of anilines is 1. The SMILES string of the molecule is Cc1cc(Br)c(NC(=O)c2ccc(Br)cn2)cc1Cl. The van der Waals surface area contributed by atoms with Gasteiger partial charge in [-0.3, -0.25) is 4.79 Å². The van der Waals surface area contributed by atoms with Crippen molar-refractivity contribution in [2.45, 2.75) is 6.92 Å². The predicted molar refractivity (Wildman–Crippen MR) is 83.8 cm³/mol. The van der Waals surface area contributed by atoms with E-state index in [0.29, 0.717) is 16.4 Å². The van der Waals surface area contributed by atoms with Crippen molar-refractivity contribution in [2.75, 3.05) is 5.32 Å². The summed E-state index contributed by atoms with van der Waals surface area (Å²) in [4.78, 5) is 16.1. The van der Waals surface area contributed by atoms with Crippen molar-refractivity contribution < 1.29 is 4.79 Å². The Bertz CT molecular complexity index is 629. The molecule has 1 heterocycles. The fourth-order valence-electron chi connectivity index (χ4n) is 1.44. The molecule has 0 fully saturated rings. The Labute approximate surface area is 132 Å². The molecule has 0 bridgehead atoms. The summed E-state index contributed by atoms with van der Waals surface area (Å²) in [5.41, 5.74) is 1.89. The van der Waals surface area contributed by atoms with Crippen LogP contribution in [-0.4, -0.2) is 10.9 Å². The lowest BCUT2D eigenvalue weighted by atomic mass is 10.2. The third-order valence-corrected chi connectivity index (χ3v) is 3.99. The second-order valence-electron chi connectivity index (χ2n) is 3.90. The maximum atomic E-state index is 12.0. The van der Waals surface area contributed by atoms with Crippen LogP contribution in [-0.2, 0) is 0 Å². The van der Waals surface area contributed by atoms with E-state index in [4.69, 9.17) is 11.6 Å². The molecule has 1 N–H and O–H groups in total. The second kappa shape index (κ2) is 6.03. The van der Waals surface area contributed by atoms with Gasteiger partial charge < -0.3 is 5.32 Å². The Hall–Kier alpha value is -0.910. The van der Waals surface area contributed by atoms with Crippen LogP contribution in [0, 0.1) is 6.92 Å².